The molecule has 0 spiro atoms. The van der Waals surface area contributed by atoms with E-state index in [2.05, 4.69) is 0 Å². The van der Waals surface area contributed by atoms with Gasteiger partial charge in [0.05, 0.1) is 0 Å². The molecule has 0 unspecified atom stereocenters. The van der Waals surface area contributed by atoms with Crippen LogP contribution in [0.1, 0.15) is 5.56 Å². The van der Waals surface area contributed by atoms with Gasteiger partial charge in [-0.2, -0.15) is 13.2 Å². The Morgan fingerprint density at radius 1 is 0.560 bits per heavy atom. The minimum Gasteiger partial charge on any atom is -0.206 e. The summed E-state index contributed by atoms with van der Waals surface area (Å²) in [6.45, 7) is 0. The molecule has 0 radical (unpaired) electrons. The lowest BCUT2D eigenvalue weighted by Gasteiger charge is -2.12. The fraction of sp³-hybridized carbons (Fsp3) is 0.0526. The van der Waals surface area contributed by atoms with Crippen molar-refractivity contribution in [2.45, 2.75) is 6.18 Å². The summed E-state index contributed by atoms with van der Waals surface area (Å²) < 4.78 is 79.6. The minimum atomic E-state index is -5.16. The Labute approximate surface area is 139 Å². The number of benzene rings is 3. The van der Waals surface area contributed by atoms with Crippen LogP contribution in [-0.2, 0) is 6.18 Å². The van der Waals surface area contributed by atoms with E-state index in [1.807, 2.05) is 0 Å². The van der Waals surface area contributed by atoms with Crippen molar-refractivity contribution < 1.29 is 26.3 Å². The van der Waals surface area contributed by atoms with Crippen molar-refractivity contribution in [3.05, 3.63) is 83.7 Å². The fourth-order valence-corrected chi connectivity index (χ4v) is 2.56. The molecular formula is C19H10F6. The second-order valence-corrected chi connectivity index (χ2v) is 5.37. The number of rotatable bonds is 2. The van der Waals surface area contributed by atoms with Crippen LogP contribution in [0.5, 0.6) is 0 Å². The Kier molecular flexibility index (Phi) is 4.29. The largest absolute Gasteiger partial charge is 0.422 e. The van der Waals surface area contributed by atoms with Crippen molar-refractivity contribution in [2.24, 2.45) is 0 Å². The lowest BCUT2D eigenvalue weighted by Crippen LogP contribution is -2.11. The number of halogens is 6. The van der Waals surface area contributed by atoms with E-state index in [0.717, 1.165) is 11.6 Å². The summed E-state index contributed by atoms with van der Waals surface area (Å²) in [4.78, 5) is 0. The Morgan fingerprint density at radius 2 is 1.12 bits per heavy atom. The molecular weight excluding hydrogens is 342 g/mol. The van der Waals surface area contributed by atoms with Crippen LogP contribution in [0.25, 0.3) is 22.3 Å². The van der Waals surface area contributed by atoms with E-state index in [4.69, 9.17) is 0 Å². The zero-order valence-electron chi connectivity index (χ0n) is 12.5. The lowest BCUT2D eigenvalue weighted by molar-refractivity contribution is -0.142. The molecule has 0 heterocycles. The van der Waals surface area contributed by atoms with Gasteiger partial charge in [-0.25, -0.2) is 13.2 Å². The van der Waals surface area contributed by atoms with E-state index >= 15 is 0 Å². The molecule has 0 saturated heterocycles. The van der Waals surface area contributed by atoms with Crippen molar-refractivity contribution in [2.75, 3.05) is 0 Å². The standard InChI is InChI=1S/C19H10F6/c20-15-8-12(11-4-2-1-3-5-11)6-7-14(15)13-9-16(21)18(17(22)10-13)19(23,24)25/h1-10H. The highest BCUT2D eigenvalue weighted by atomic mass is 19.4. The summed E-state index contributed by atoms with van der Waals surface area (Å²) in [7, 11) is 0. The third-order valence-electron chi connectivity index (χ3n) is 3.71. The zero-order chi connectivity index (χ0) is 18.2. The van der Waals surface area contributed by atoms with Gasteiger partial charge < -0.3 is 0 Å². The molecule has 0 aliphatic carbocycles. The first kappa shape index (κ1) is 17.1. The monoisotopic (exact) mass is 352 g/mol. The van der Waals surface area contributed by atoms with Crippen LogP contribution in [0.2, 0.25) is 0 Å². The van der Waals surface area contributed by atoms with E-state index < -0.39 is 29.2 Å². The zero-order valence-corrected chi connectivity index (χ0v) is 12.5. The normalized spacial score (nSPS) is 11.6. The van der Waals surface area contributed by atoms with Crippen LogP contribution in [0.15, 0.2) is 60.7 Å². The quantitative estimate of drug-likeness (QED) is 0.465. The van der Waals surface area contributed by atoms with Crippen LogP contribution in [0.3, 0.4) is 0 Å². The van der Waals surface area contributed by atoms with E-state index in [1.54, 1.807) is 30.3 Å². The molecule has 0 aliphatic rings. The first-order valence-electron chi connectivity index (χ1n) is 7.19. The SMILES string of the molecule is Fc1cc(-c2ccccc2)ccc1-c1cc(F)c(C(F)(F)F)c(F)c1. The fourth-order valence-electron chi connectivity index (χ4n) is 2.56. The van der Waals surface area contributed by atoms with Crippen LogP contribution < -0.4 is 0 Å². The van der Waals surface area contributed by atoms with Crippen LogP contribution in [0, 0.1) is 17.5 Å². The molecule has 0 N–H and O–H groups in total. The predicted molar refractivity (Wildman–Crippen MR) is 82.2 cm³/mol. The van der Waals surface area contributed by atoms with E-state index in [9.17, 15) is 26.3 Å². The molecule has 0 amide bonds. The van der Waals surface area contributed by atoms with E-state index in [-0.39, 0.29) is 11.1 Å². The van der Waals surface area contributed by atoms with Gasteiger partial charge in [0.2, 0.25) is 0 Å². The summed E-state index contributed by atoms with van der Waals surface area (Å²) in [5, 5.41) is 0. The lowest BCUT2D eigenvalue weighted by atomic mass is 9.98. The number of alkyl halides is 3. The topological polar surface area (TPSA) is 0 Å². The number of hydrogen-bond donors (Lipinski definition) is 0. The van der Waals surface area contributed by atoms with Gasteiger partial charge in [-0.3, -0.25) is 0 Å². The highest BCUT2D eigenvalue weighted by molar-refractivity contribution is 5.71. The van der Waals surface area contributed by atoms with Gasteiger partial charge in [-0.15, -0.1) is 0 Å². The first-order valence-corrected chi connectivity index (χ1v) is 7.19. The molecule has 128 valence electrons. The van der Waals surface area contributed by atoms with Crippen LogP contribution in [-0.4, -0.2) is 0 Å². The van der Waals surface area contributed by atoms with Gasteiger partial charge >= 0.3 is 6.18 Å². The average Bonchev–Trinajstić information content (AvgIpc) is 2.53. The molecule has 3 rings (SSSR count). The Morgan fingerprint density at radius 3 is 1.64 bits per heavy atom. The van der Waals surface area contributed by atoms with Crippen LogP contribution >= 0.6 is 0 Å². The van der Waals surface area contributed by atoms with Crippen LogP contribution in [0.4, 0.5) is 26.3 Å². The first-order chi connectivity index (χ1) is 11.8. The minimum absolute atomic E-state index is 0.189. The maximum absolute atomic E-state index is 14.4. The molecule has 3 aromatic rings. The van der Waals surface area contributed by atoms with Gasteiger partial charge in [0.25, 0.3) is 0 Å². The highest BCUT2D eigenvalue weighted by Gasteiger charge is 2.38. The van der Waals surface area contributed by atoms with Gasteiger partial charge in [-0.1, -0.05) is 42.5 Å². The summed E-state index contributed by atoms with van der Waals surface area (Å²) in [6, 6.07) is 13.8. The van der Waals surface area contributed by atoms with Gasteiger partial charge in [0, 0.05) is 5.56 Å². The third-order valence-corrected chi connectivity index (χ3v) is 3.71. The van der Waals surface area contributed by atoms with E-state index in [0.29, 0.717) is 17.7 Å². The van der Waals surface area contributed by atoms with Gasteiger partial charge in [-0.05, 0) is 34.9 Å². The molecule has 0 saturated carbocycles. The highest BCUT2D eigenvalue weighted by Crippen LogP contribution is 2.36. The second kappa shape index (κ2) is 6.27. The number of hydrogen-bond acceptors (Lipinski definition) is 0. The van der Waals surface area contributed by atoms with Crippen molar-refractivity contribution in [1.29, 1.82) is 0 Å². The maximum atomic E-state index is 14.4. The molecule has 3 aromatic carbocycles. The van der Waals surface area contributed by atoms with Crippen molar-refractivity contribution in [3.8, 4) is 22.3 Å². The smallest absolute Gasteiger partial charge is 0.206 e. The Hall–Kier alpha value is -2.76. The summed E-state index contributed by atoms with van der Waals surface area (Å²) >= 11 is 0. The second-order valence-electron chi connectivity index (χ2n) is 5.37. The molecule has 0 atom stereocenters. The third kappa shape index (κ3) is 3.38. The molecule has 0 aromatic heterocycles. The summed E-state index contributed by atoms with van der Waals surface area (Å²) in [5.74, 6) is -4.36. The van der Waals surface area contributed by atoms with E-state index in [1.165, 1.54) is 12.1 Å². The maximum Gasteiger partial charge on any atom is 0.422 e. The van der Waals surface area contributed by atoms with Crippen molar-refractivity contribution in [1.82, 2.24) is 0 Å². The van der Waals surface area contributed by atoms with Crippen molar-refractivity contribution in [3.63, 3.8) is 0 Å². The summed E-state index contributed by atoms with van der Waals surface area (Å²) in [6.07, 6.45) is -5.16. The molecule has 0 bridgehead atoms. The molecule has 0 nitrogen and oxygen atoms in total. The summed E-state index contributed by atoms with van der Waals surface area (Å²) in [5.41, 5.74) is -1.21. The molecule has 6 heteroatoms. The molecule has 0 aliphatic heterocycles. The molecule has 25 heavy (non-hydrogen) atoms. The molecule has 0 fully saturated rings. The van der Waals surface area contributed by atoms with Crippen molar-refractivity contribution >= 4 is 0 Å². The van der Waals surface area contributed by atoms with Gasteiger partial charge in [0.1, 0.15) is 23.0 Å². The Balaban J connectivity index is 2.06. The Bertz CT molecular complexity index is 890. The van der Waals surface area contributed by atoms with Gasteiger partial charge in [0.15, 0.2) is 0 Å². The predicted octanol–water partition coefficient (Wildman–Crippen LogP) is 6.46. The average molecular weight is 352 g/mol.